The zero-order valence-electron chi connectivity index (χ0n) is 15.9. The summed E-state index contributed by atoms with van der Waals surface area (Å²) in [6.07, 6.45) is 5.34. The molecule has 2 fully saturated rings. The van der Waals surface area contributed by atoms with Crippen LogP contribution in [0.3, 0.4) is 0 Å². The summed E-state index contributed by atoms with van der Waals surface area (Å²) in [5, 5.41) is 6.94. The van der Waals surface area contributed by atoms with E-state index in [0.29, 0.717) is 31.4 Å². The quantitative estimate of drug-likeness (QED) is 0.624. The molecule has 0 spiro atoms. The van der Waals surface area contributed by atoms with E-state index in [2.05, 4.69) is 34.7 Å². The van der Waals surface area contributed by atoms with Crippen molar-refractivity contribution in [2.24, 2.45) is 4.99 Å². The van der Waals surface area contributed by atoms with E-state index >= 15 is 0 Å². The lowest BCUT2D eigenvalue weighted by Crippen LogP contribution is -2.47. The van der Waals surface area contributed by atoms with Crippen LogP contribution in [0.2, 0.25) is 0 Å². The zero-order valence-corrected chi connectivity index (χ0v) is 15.9. The summed E-state index contributed by atoms with van der Waals surface area (Å²) in [6, 6.07) is 4.58. The van der Waals surface area contributed by atoms with Gasteiger partial charge in [-0.15, -0.1) is 0 Å². The smallest absolute Gasteiger partial charge is 0.191 e. The van der Waals surface area contributed by atoms with E-state index in [1.807, 2.05) is 6.92 Å². The summed E-state index contributed by atoms with van der Waals surface area (Å²) >= 11 is 0. The second kappa shape index (κ2) is 7.35. The largest absolute Gasteiger partial charge is 0.494 e. The molecule has 6 nitrogen and oxygen atoms in total. The van der Waals surface area contributed by atoms with Gasteiger partial charge in [-0.1, -0.05) is 0 Å². The van der Waals surface area contributed by atoms with Crippen LogP contribution in [0.5, 0.6) is 11.5 Å². The molecule has 0 aliphatic carbocycles. The first-order valence-electron chi connectivity index (χ1n) is 9.74. The molecular formula is C20H29N3O3. The van der Waals surface area contributed by atoms with E-state index in [1.165, 1.54) is 12.0 Å². The minimum absolute atomic E-state index is 0.231. The van der Waals surface area contributed by atoms with Crippen molar-refractivity contribution in [1.82, 2.24) is 10.6 Å². The maximum absolute atomic E-state index is 5.92. The second-order valence-corrected chi connectivity index (χ2v) is 7.42. The minimum Gasteiger partial charge on any atom is -0.494 e. The fourth-order valence-electron chi connectivity index (χ4n) is 4.25. The van der Waals surface area contributed by atoms with Crippen LogP contribution in [-0.4, -0.2) is 44.0 Å². The van der Waals surface area contributed by atoms with Crippen molar-refractivity contribution in [2.75, 3.05) is 13.7 Å². The van der Waals surface area contributed by atoms with Crippen molar-refractivity contribution in [3.05, 3.63) is 23.3 Å². The molecule has 4 rings (SSSR count). The number of hydrogen-bond donors (Lipinski definition) is 2. The predicted molar refractivity (Wildman–Crippen MR) is 101 cm³/mol. The van der Waals surface area contributed by atoms with Crippen LogP contribution < -0.4 is 20.1 Å². The van der Waals surface area contributed by atoms with Crippen molar-refractivity contribution in [3.8, 4) is 11.5 Å². The Morgan fingerprint density at radius 2 is 2.23 bits per heavy atom. The first-order valence-corrected chi connectivity index (χ1v) is 9.74. The van der Waals surface area contributed by atoms with E-state index in [-0.39, 0.29) is 6.10 Å². The maximum Gasteiger partial charge on any atom is 0.191 e. The molecule has 2 saturated heterocycles. The summed E-state index contributed by atoms with van der Waals surface area (Å²) in [4.78, 5) is 4.38. The van der Waals surface area contributed by atoms with E-state index in [1.54, 1.807) is 7.05 Å². The van der Waals surface area contributed by atoms with Crippen molar-refractivity contribution < 1.29 is 14.2 Å². The Kier molecular flexibility index (Phi) is 4.94. The number of fused-ring (bicyclic) bond motifs is 3. The molecule has 0 radical (unpaired) electrons. The van der Waals surface area contributed by atoms with Crippen LogP contribution in [0, 0.1) is 0 Å². The lowest BCUT2D eigenvalue weighted by molar-refractivity contribution is 0.0992. The number of guanidine groups is 1. The Morgan fingerprint density at radius 3 is 2.92 bits per heavy atom. The number of ether oxygens (including phenoxy) is 3. The number of nitrogens with zero attached hydrogens (tertiary/aromatic N) is 1. The number of rotatable bonds is 5. The summed E-state index contributed by atoms with van der Waals surface area (Å²) in [5.74, 6) is 2.71. The zero-order chi connectivity index (χ0) is 18.1. The summed E-state index contributed by atoms with van der Waals surface area (Å²) in [6.45, 7) is 5.40. The molecule has 1 aromatic rings. The van der Waals surface area contributed by atoms with Crippen LogP contribution in [0.25, 0.3) is 0 Å². The third kappa shape index (κ3) is 3.47. The minimum atomic E-state index is 0.231. The van der Waals surface area contributed by atoms with Gasteiger partial charge in [-0.2, -0.15) is 0 Å². The van der Waals surface area contributed by atoms with Crippen molar-refractivity contribution in [3.63, 3.8) is 0 Å². The standard InChI is InChI=1S/C20H29N3O3/c1-4-24-18-8-13-7-12(2)25-19(13)9-14(18)11-22-20(21-3)23-16-10-15-5-6-17(16)26-15/h8-9,12,15-17H,4-7,10-11H2,1-3H3,(H2,21,22,23). The SMILES string of the molecule is CCOc1cc2c(cc1CNC(=NC)NC1CC3CCC1O3)OC(C)C2. The molecule has 2 N–H and O–H groups in total. The molecule has 3 aliphatic rings. The highest BCUT2D eigenvalue weighted by atomic mass is 16.5. The molecule has 3 aliphatic heterocycles. The van der Waals surface area contributed by atoms with Gasteiger partial charge in [-0.3, -0.25) is 4.99 Å². The fourth-order valence-corrected chi connectivity index (χ4v) is 4.25. The van der Waals surface area contributed by atoms with Gasteiger partial charge in [0, 0.05) is 31.1 Å². The van der Waals surface area contributed by atoms with E-state index in [0.717, 1.165) is 42.3 Å². The lowest BCUT2D eigenvalue weighted by Gasteiger charge is -2.23. The lowest BCUT2D eigenvalue weighted by atomic mass is 9.96. The second-order valence-electron chi connectivity index (χ2n) is 7.42. The monoisotopic (exact) mass is 359 g/mol. The van der Waals surface area contributed by atoms with Crippen LogP contribution in [0.4, 0.5) is 0 Å². The normalized spacial score (nSPS) is 29.4. The van der Waals surface area contributed by atoms with E-state index < -0.39 is 0 Å². The van der Waals surface area contributed by atoms with Gasteiger partial charge in [-0.05, 0) is 45.2 Å². The summed E-state index contributed by atoms with van der Waals surface area (Å²) < 4.78 is 17.7. The van der Waals surface area contributed by atoms with E-state index in [9.17, 15) is 0 Å². The van der Waals surface area contributed by atoms with Gasteiger partial charge in [0.25, 0.3) is 0 Å². The third-order valence-electron chi connectivity index (χ3n) is 5.48. The Bertz CT molecular complexity index is 691. The summed E-state index contributed by atoms with van der Waals surface area (Å²) in [7, 11) is 1.81. The van der Waals surface area contributed by atoms with E-state index in [4.69, 9.17) is 14.2 Å². The van der Waals surface area contributed by atoms with Crippen LogP contribution in [-0.2, 0) is 17.7 Å². The highest BCUT2D eigenvalue weighted by molar-refractivity contribution is 5.80. The van der Waals surface area contributed by atoms with Crippen molar-refractivity contribution >= 4 is 5.96 Å². The van der Waals surface area contributed by atoms with Gasteiger partial charge < -0.3 is 24.8 Å². The molecule has 0 saturated carbocycles. The predicted octanol–water partition coefficient (Wildman–Crippen LogP) is 2.39. The van der Waals surface area contributed by atoms with Crippen LogP contribution in [0.15, 0.2) is 17.1 Å². The molecule has 6 heteroatoms. The molecular weight excluding hydrogens is 330 g/mol. The van der Waals surface area contributed by atoms with Gasteiger partial charge in [0.05, 0.1) is 24.9 Å². The molecule has 0 amide bonds. The van der Waals surface area contributed by atoms with Gasteiger partial charge >= 0.3 is 0 Å². The van der Waals surface area contributed by atoms with Crippen molar-refractivity contribution in [2.45, 2.75) is 70.4 Å². The highest BCUT2D eigenvalue weighted by Crippen LogP contribution is 2.36. The van der Waals surface area contributed by atoms with Crippen LogP contribution in [0.1, 0.15) is 44.2 Å². The molecule has 4 unspecified atom stereocenters. The maximum atomic E-state index is 5.92. The fraction of sp³-hybridized carbons (Fsp3) is 0.650. The number of hydrogen-bond acceptors (Lipinski definition) is 4. The van der Waals surface area contributed by atoms with Crippen molar-refractivity contribution in [1.29, 1.82) is 0 Å². The Labute approximate surface area is 155 Å². The third-order valence-corrected chi connectivity index (χ3v) is 5.48. The van der Waals surface area contributed by atoms with Gasteiger partial charge in [0.2, 0.25) is 0 Å². The average molecular weight is 359 g/mol. The molecule has 26 heavy (non-hydrogen) atoms. The average Bonchev–Trinajstić information content (AvgIpc) is 3.33. The molecule has 1 aromatic carbocycles. The summed E-state index contributed by atoms with van der Waals surface area (Å²) in [5.41, 5.74) is 2.32. The molecule has 3 heterocycles. The number of nitrogens with one attached hydrogen (secondary N) is 2. The van der Waals surface area contributed by atoms with Gasteiger partial charge in [-0.25, -0.2) is 0 Å². The Morgan fingerprint density at radius 1 is 1.35 bits per heavy atom. The Hall–Kier alpha value is -1.95. The molecule has 0 aromatic heterocycles. The number of aliphatic imine (C=N–C) groups is 1. The van der Waals surface area contributed by atoms with Crippen LogP contribution >= 0.6 is 0 Å². The Balaban J connectivity index is 1.42. The number of benzene rings is 1. The van der Waals surface area contributed by atoms with Gasteiger partial charge in [0.15, 0.2) is 5.96 Å². The molecule has 4 atom stereocenters. The highest BCUT2D eigenvalue weighted by Gasteiger charge is 2.41. The first kappa shape index (κ1) is 17.5. The van der Waals surface area contributed by atoms with Gasteiger partial charge in [0.1, 0.15) is 17.6 Å². The molecule has 142 valence electrons. The topological polar surface area (TPSA) is 64.1 Å². The molecule has 2 bridgehead atoms. The first-order chi connectivity index (χ1) is 12.7.